The largest absolute Gasteiger partial charge is 0.454 e. The lowest BCUT2D eigenvalue weighted by Crippen LogP contribution is -2.49. The number of carbonyl (C=O) groups excluding carboxylic acids is 1. The Morgan fingerprint density at radius 3 is 2.71 bits per heavy atom. The van der Waals surface area contributed by atoms with Crippen LogP contribution < -0.4 is 20.1 Å². The normalized spacial score (nSPS) is 15.5. The van der Waals surface area contributed by atoms with Gasteiger partial charge in [0.1, 0.15) is 5.82 Å². The molecule has 11 heteroatoms. The van der Waals surface area contributed by atoms with E-state index in [1.807, 2.05) is 23.1 Å². The lowest BCUT2D eigenvalue weighted by Gasteiger charge is -2.34. The van der Waals surface area contributed by atoms with E-state index in [1.54, 1.807) is 23.6 Å². The van der Waals surface area contributed by atoms with Crippen molar-refractivity contribution in [3.8, 4) is 22.8 Å². The van der Waals surface area contributed by atoms with Crippen LogP contribution in [0, 0.1) is 0 Å². The van der Waals surface area contributed by atoms with Crippen LogP contribution in [0.5, 0.6) is 11.5 Å². The average Bonchev–Trinajstić information content (AvgIpc) is 3.37. The zero-order chi connectivity index (χ0) is 21.5. The van der Waals surface area contributed by atoms with Crippen LogP contribution in [-0.4, -0.2) is 70.3 Å². The zero-order valence-corrected chi connectivity index (χ0v) is 17.4. The van der Waals surface area contributed by atoms with Gasteiger partial charge < -0.3 is 29.7 Å². The fraction of sp³-hybridized carbons (Fsp3) is 0.400. The number of carbonyl (C=O) groups is 1. The Balaban J connectivity index is 1.52. The molecule has 31 heavy (non-hydrogen) atoms. The first kappa shape index (κ1) is 19.2. The van der Waals surface area contributed by atoms with Crippen LogP contribution in [0.2, 0.25) is 0 Å². The Bertz CT molecular complexity index is 1150. The molecule has 0 radical (unpaired) electrons. The highest BCUT2D eigenvalue weighted by Crippen LogP contribution is 2.38. The highest BCUT2D eigenvalue weighted by atomic mass is 16.7. The molecule has 0 bridgehead atoms. The number of amides is 1. The predicted octanol–water partition coefficient (Wildman–Crippen LogP) is 1.62. The first-order valence-electron chi connectivity index (χ1n) is 10.1. The minimum atomic E-state index is -0.294. The molecule has 2 N–H and O–H groups in total. The van der Waals surface area contributed by atoms with Crippen molar-refractivity contribution >= 4 is 28.9 Å². The van der Waals surface area contributed by atoms with Crippen LogP contribution in [0.15, 0.2) is 18.2 Å². The van der Waals surface area contributed by atoms with E-state index in [0.29, 0.717) is 72.8 Å². The van der Waals surface area contributed by atoms with E-state index >= 15 is 0 Å². The second kappa shape index (κ2) is 7.49. The third-order valence-electron chi connectivity index (χ3n) is 5.46. The molecule has 5 rings (SSSR count). The van der Waals surface area contributed by atoms with E-state index in [2.05, 4.69) is 10.1 Å². The molecular formula is C20H23N7O4. The van der Waals surface area contributed by atoms with Gasteiger partial charge in [0.15, 0.2) is 17.1 Å². The van der Waals surface area contributed by atoms with Gasteiger partial charge in [0.2, 0.25) is 12.7 Å². The summed E-state index contributed by atoms with van der Waals surface area (Å²) in [5.74, 6) is 2.39. The van der Waals surface area contributed by atoms with Gasteiger partial charge in [-0.05, 0) is 25.1 Å². The molecule has 3 aromatic rings. The minimum absolute atomic E-state index is 0.197. The number of fused-ring (bicyclic) bond motifs is 2. The van der Waals surface area contributed by atoms with Crippen LogP contribution in [0.4, 0.5) is 16.6 Å². The molecule has 0 aliphatic carbocycles. The van der Waals surface area contributed by atoms with Gasteiger partial charge in [-0.1, -0.05) is 0 Å². The van der Waals surface area contributed by atoms with Crippen LogP contribution in [0.3, 0.4) is 0 Å². The Morgan fingerprint density at radius 1 is 1.16 bits per heavy atom. The van der Waals surface area contributed by atoms with Crippen molar-refractivity contribution in [2.75, 3.05) is 50.2 Å². The second-order valence-electron chi connectivity index (χ2n) is 7.32. The summed E-state index contributed by atoms with van der Waals surface area (Å²) in [5, 5.41) is 5.16. The number of hydrogen-bond donors (Lipinski definition) is 1. The number of rotatable bonds is 3. The lowest BCUT2D eigenvalue weighted by molar-refractivity contribution is 0.105. The molecule has 4 heterocycles. The van der Waals surface area contributed by atoms with E-state index in [9.17, 15) is 4.79 Å². The predicted molar refractivity (Wildman–Crippen MR) is 113 cm³/mol. The zero-order valence-electron chi connectivity index (χ0n) is 17.4. The molecule has 11 nitrogen and oxygen atoms in total. The number of aromatic nitrogens is 4. The summed E-state index contributed by atoms with van der Waals surface area (Å²) in [5.41, 5.74) is 8.32. The summed E-state index contributed by atoms with van der Waals surface area (Å²) in [4.78, 5) is 25.2. The standard InChI is InChI=1S/C20H23N7O4/c1-3-29-20(28)27-8-6-26(7-9-27)19-22-16(15-17(21)25(2)24-18(15)23-19)12-4-5-13-14(10-12)31-11-30-13/h4-5,10H,3,6-9,11,21H2,1-2H3. The summed E-state index contributed by atoms with van der Waals surface area (Å²) in [6, 6.07) is 5.67. The molecule has 162 valence electrons. The van der Waals surface area contributed by atoms with Gasteiger partial charge in [-0.2, -0.15) is 10.1 Å². The Morgan fingerprint density at radius 2 is 1.94 bits per heavy atom. The van der Waals surface area contributed by atoms with Crippen LogP contribution in [-0.2, 0) is 11.8 Å². The highest BCUT2D eigenvalue weighted by molar-refractivity contribution is 5.99. The highest BCUT2D eigenvalue weighted by Gasteiger charge is 2.26. The minimum Gasteiger partial charge on any atom is -0.454 e. The number of benzene rings is 1. The summed E-state index contributed by atoms with van der Waals surface area (Å²) in [6.07, 6.45) is -0.294. The van der Waals surface area contributed by atoms with Gasteiger partial charge in [0.25, 0.3) is 0 Å². The molecule has 1 amide bonds. The molecule has 0 saturated carbocycles. The molecular weight excluding hydrogens is 402 g/mol. The molecule has 2 aliphatic heterocycles. The van der Waals surface area contributed by atoms with E-state index in [4.69, 9.17) is 24.9 Å². The van der Waals surface area contributed by atoms with Gasteiger partial charge in [0.05, 0.1) is 17.7 Å². The molecule has 1 fully saturated rings. The fourth-order valence-electron chi connectivity index (χ4n) is 3.80. The van der Waals surface area contributed by atoms with Crippen molar-refractivity contribution in [1.82, 2.24) is 24.6 Å². The maximum Gasteiger partial charge on any atom is 0.409 e. The van der Waals surface area contributed by atoms with Gasteiger partial charge in [-0.25, -0.2) is 9.78 Å². The molecule has 0 unspecified atom stereocenters. The van der Waals surface area contributed by atoms with E-state index in [-0.39, 0.29) is 12.9 Å². The monoisotopic (exact) mass is 425 g/mol. The topological polar surface area (TPSA) is 121 Å². The number of nitrogens with zero attached hydrogens (tertiary/aromatic N) is 6. The summed E-state index contributed by atoms with van der Waals surface area (Å²) in [7, 11) is 1.78. The van der Waals surface area contributed by atoms with Crippen LogP contribution >= 0.6 is 0 Å². The molecule has 2 aliphatic rings. The van der Waals surface area contributed by atoms with Crippen molar-refractivity contribution in [3.63, 3.8) is 0 Å². The third-order valence-corrected chi connectivity index (χ3v) is 5.46. The van der Waals surface area contributed by atoms with Crippen molar-refractivity contribution in [2.24, 2.45) is 7.05 Å². The van der Waals surface area contributed by atoms with Crippen molar-refractivity contribution in [2.45, 2.75) is 6.92 Å². The van der Waals surface area contributed by atoms with Gasteiger partial charge in [0, 0.05) is 38.8 Å². The summed E-state index contributed by atoms with van der Waals surface area (Å²) >= 11 is 0. The van der Waals surface area contributed by atoms with Crippen molar-refractivity contribution < 1.29 is 19.0 Å². The summed E-state index contributed by atoms with van der Waals surface area (Å²) in [6.45, 7) is 4.60. The number of ether oxygens (including phenoxy) is 3. The Kier molecular flexibility index (Phi) is 4.64. The molecule has 0 spiro atoms. The Labute approximate surface area is 178 Å². The fourth-order valence-corrected chi connectivity index (χ4v) is 3.80. The number of nitrogen functional groups attached to an aromatic ring is 1. The van der Waals surface area contributed by atoms with Crippen LogP contribution in [0.1, 0.15) is 6.92 Å². The first-order chi connectivity index (χ1) is 15.0. The molecule has 2 aromatic heterocycles. The van der Waals surface area contributed by atoms with Crippen molar-refractivity contribution in [1.29, 1.82) is 0 Å². The molecule has 1 saturated heterocycles. The van der Waals surface area contributed by atoms with Gasteiger partial charge in [-0.3, -0.25) is 4.68 Å². The summed E-state index contributed by atoms with van der Waals surface area (Å²) < 4.78 is 17.6. The van der Waals surface area contributed by atoms with Crippen molar-refractivity contribution in [3.05, 3.63) is 18.2 Å². The smallest absolute Gasteiger partial charge is 0.409 e. The Hall–Kier alpha value is -3.76. The number of nitrogens with two attached hydrogens (primary N) is 1. The lowest BCUT2D eigenvalue weighted by atomic mass is 10.1. The molecule has 0 atom stereocenters. The average molecular weight is 425 g/mol. The van der Waals surface area contributed by atoms with E-state index in [0.717, 1.165) is 5.56 Å². The van der Waals surface area contributed by atoms with Gasteiger partial charge in [-0.15, -0.1) is 0 Å². The molecule has 1 aromatic carbocycles. The quantitative estimate of drug-likeness (QED) is 0.667. The number of hydrogen-bond acceptors (Lipinski definition) is 9. The van der Waals surface area contributed by atoms with E-state index in [1.165, 1.54) is 0 Å². The first-order valence-corrected chi connectivity index (χ1v) is 10.1. The maximum atomic E-state index is 12.0. The second-order valence-corrected chi connectivity index (χ2v) is 7.32. The number of piperazine rings is 1. The maximum absolute atomic E-state index is 12.0. The number of anilines is 2. The number of aryl methyl sites for hydroxylation is 1. The SMILES string of the molecule is CCOC(=O)N1CCN(c2nc(-c3ccc4c(c3)OCO4)c3c(N)n(C)nc3n2)CC1. The van der Waals surface area contributed by atoms with Crippen LogP contribution in [0.25, 0.3) is 22.3 Å². The van der Waals surface area contributed by atoms with Gasteiger partial charge >= 0.3 is 6.09 Å². The van der Waals surface area contributed by atoms with E-state index < -0.39 is 0 Å². The third kappa shape index (κ3) is 3.31.